The molecule has 18 heavy (non-hydrogen) atoms. The molecule has 0 spiro atoms. The summed E-state index contributed by atoms with van der Waals surface area (Å²) in [5.41, 5.74) is 0.678. The second-order valence-corrected chi connectivity index (χ2v) is 4.80. The molecular weight excluding hydrogens is 228 g/mol. The van der Waals surface area contributed by atoms with Crippen LogP contribution in [0, 0.1) is 5.92 Å². The van der Waals surface area contributed by atoms with Gasteiger partial charge in [0.15, 0.2) is 0 Å². The number of phenolic OH excluding ortho intramolecular Hbond substituents is 1. The largest absolute Gasteiger partial charge is 0.508 e. The summed E-state index contributed by atoms with van der Waals surface area (Å²) in [6, 6.07) is 6.96. The van der Waals surface area contributed by atoms with Crippen LogP contribution < -0.4 is 10.6 Å². The minimum atomic E-state index is -0.0255. The maximum atomic E-state index is 11.7. The number of phenols is 1. The van der Waals surface area contributed by atoms with E-state index in [1.807, 2.05) is 6.07 Å². The van der Waals surface area contributed by atoms with Gasteiger partial charge in [-0.2, -0.15) is 0 Å². The zero-order valence-corrected chi connectivity index (χ0v) is 10.5. The van der Waals surface area contributed by atoms with Crippen molar-refractivity contribution in [2.45, 2.75) is 19.3 Å². The van der Waals surface area contributed by atoms with E-state index in [0.29, 0.717) is 11.5 Å². The highest BCUT2D eigenvalue weighted by molar-refractivity contribution is 5.79. The van der Waals surface area contributed by atoms with Crippen molar-refractivity contribution in [2.75, 3.05) is 19.6 Å². The maximum absolute atomic E-state index is 11.7. The van der Waals surface area contributed by atoms with Gasteiger partial charge < -0.3 is 15.7 Å². The lowest BCUT2D eigenvalue weighted by Crippen LogP contribution is -2.27. The normalized spacial score (nSPS) is 18.8. The lowest BCUT2D eigenvalue weighted by molar-refractivity contribution is -0.120. The molecule has 1 heterocycles. The topological polar surface area (TPSA) is 61.4 Å². The fourth-order valence-electron chi connectivity index (χ4n) is 2.27. The molecule has 0 saturated carbocycles. The summed E-state index contributed by atoms with van der Waals surface area (Å²) in [6.07, 6.45) is 2.48. The van der Waals surface area contributed by atoms with Gasteiger partial charge in [0, 0.05) is 12.1 Å². The van der Waals surface area contributed by atoms with E-state index in [1.54, 1.807) is 18.2 Å². The van der Waals surface area contributed by atoms with E-state index in [9.17, 15) is 9.90 Å². The van der Waals surface area contributed by atoms with E-state index in [4.69, 9.17) is 0 Å². The molecule has 3 N–H and O–H groups in total. The van der Waals surface area contributed by atoms with E-state index in [2.05, 4.69) is 10.6 Å². The van der Waals surface area contributed by atoms with Gasteiger partial charge in [-0.15, -0.1) is 0 Å². The molecule has 0 radical (unpaired) electrons. The van der Waals surface area contributed by atoms with Crippen LogP contribution in [0.25, 0.3) is 0 Å². The van der Waals surface area contributed by atoms with Crippen molar-refractivity contribution < 1.29 is 9.90 Å². The third-order valence-corrected chi connectivity index (χ3v) is 3.38. The van der Waals surface area contributed by atoms with Gasteiger partial charge in [0.2, 0.25) is 5.91 Å². The second kappa shape index (κ2) is 6.40. The molecule has 1 aliphatic heterocycles. The van der Waals surface area contributed by atoms with Crippen molar-refractivity contribution in [1.82, 2.24) is 10.6 Å². The van der Waals surface area contributed by atoms with Crippen LogP contribution in [0.2, 0.25) is 0 Å². The Morgan fingerprint density at radius 3 is 3.00 bits per heavy atom. The molecule has 1 aromatic rings. The van der Waals surface area contributed by atoms with Crippen LogP contribution in [-0.4, -0.2) is 30.6 Å². The third-order valence-electron chi connectivity index (χ3n) is 3.38. The first-order valence-electron chi connectivity index (χ1n) is 6.50. The van der Waals surface area contributed by atoms with Crippen molar-refractivity contribution in [2.24, 2.45) is 5.92 Å². The minimum absolute atomic E-state index is 0.0255. The lowest BCUT2D eigenvalue weighted by atomic mass is 10.1. The first-order valence-corrected chi connectivity index (χ1v) is 6.50. The van der Waals surface area contributed by atoms with E-state index < -0.39 is 0 Å². The number of para-hydroxylation sites is 1. The lowest BCUT2D eigenvalue weighted by Gasteiger charge is -2.09. The summed E-state index contributed by atoms with van der Waals surface area (Å²) >= 11 is 0. The summed E-state index contributed by atoms with van der Waals surface area (Å²) in [7, 11) is 0. The Morgan fingerprint density at radius 2 is 2.28 bits per heavy atom. The van der Waals surface area contributed by atoms with Crippen molar-refractivity contribution in [3.05, 3.63) is 29.8 Å². The first kappa shape index (κ1) is 12.9. The number of rotatable bonds is 5. The van der Waals surface area contributed by atoms with Gasteiger partial charge in [-0.1, -0.05) is 18.2 Å². The highest BCUT2D eigenvalue weighted by Crippen LogP contribution is 2.16. The highest BCUT2D eigenvalue weighted by atomic mass is 16.3. The molecule has 4 heteroatoms. The molecule has 4 nitrogen and oxygen atoms in total. The predicted octanol–water partition coefficient (Wildman–Crippen LogP) is 1.05. The Bertz CT molecular complexity index is 401. The van der Waals surface area contributed by atoms with E-state index in [0.717, 1.165) is 26.1 Å². The number of hydrogen-bond acceptors (Lipinski definition) is 3. The standard InChI is InChI=1S/C14H20N2O2/c17-13-4-2-1-3-12(13)9-14(18)16-8-6-11-5-7-15-10-11/h1-4,11,15,17H,5-10H2,(H,16,18). The number of nitrogens with one attached hydrogen (secondary N) is 2. The number of carbonyl (C=O) groups is 1. The molecule has 1 amide bonds. The second-order valence-electron chi connectivity index (χ2n) is 4.80. The van der Waals surface area contributed by atoms with Gasteiger partial charge in [0.25, 0.3) is 0 Å². The summed E-state index contributed by atoms with van der Waals surface area (Å²) in [5.74, 6) is 0.852. The average molecular weight is 248 g/mol. The first-order chi connectivity index (χ1) is 8.75. The van der Waals surface area contributed by atoms with Crippen LogP contribution >= 0.6 is 0 Å². The van der Waals surface area contributed by atoms with E-state index in [-0.39, 0.29) is 18.1 Å². The zero-order chi connectivity index (χ0) is 12.8. The predicted molar refractivity (Wildman–Crippen MR) is 70.4 cm³/mol. The Morgan fingerprint density at radius 1 is 1.44 bits per heavy atom. The average Bonchev–Trinajstić information content (AvgIpc) is 2.85. The Hall–Kier alpha value is -1.55. The van der Waals surface area contributed by atoms with Gasteiger partial charge in [-0.05, 0) is 37.9 Å². The summed E-state index contributed by atoms with van der Waals surface area (Å²) in [4.78, 5) is 11.7. The van der Waals surface area contributed by atoms with Gasteiger partial charge in [-0.3, -0.25) is 4.79 Å². The van der Waals surface area contributed by atoms with Crippen LogP contribution in [0.15, 0.2) is 24.3 Å². The number of aromatic hydroxyl groups is 1. The van der Waals surface area contributed by atoms with E-state index >= 15 is 0 Å². The van der Waals surface area contributed by atoms with Crippen LogP contribution in [-0.2, 0) is 11.2 Å². The molecular formula is C14H20N2O2. The molecule has 2 rings (SSSR count). The van der Waals surface area contributed by atoms with Gasteiger partial charge in [0.1, 0.15) is 5.75 Å². The monoisotopic (exact) mass is 248 g/mol. The van der Waals surface area contributed by atoms with Gasteiger partial charge >= 0.3 is 0 Å². The van der Waals surface area contributed by atoms with Crippen molar-refractivity contribution in [3.63, 3.8) is 0 Å². The SMILES string of the molecule is O=C(Cc1ccccc1O)NCCC1CCNC1. The fourth-order valence-corrected chi connectivity index (χ4v) is 2.27. The third kappa shape index (κ3) is 3.74. The number of carbonyl (C=O) groups excluding carboxylic acids is 1. The van der Waals surface area contributed by atoms with Crippen LogP contribution in [0.5, 0.6) is 5.75 Å². The van der Waals surface area contributed by atoms with Crippen molar-refractivity contribution >= 4 is 5.91 Å². The van der Waals surface area contributed by atoms with Crippen LogP contribution in [0.3, 0.4) is 0 Å². The molecule has 1 saturated heterocycles. The van der Waals surface area contributed by atoms with Crippen LogP contribution in [0.4, 0.5) is 0 Å². The molecule has 1 fully saturated rings. The Kier molecular flexibility index (Phi) is 4.59. The molecule has 0 bridgehead atoms. The highest BCUT2D eigenvalue weighted by Gasteiger charge is 2.14. The quantitative estimate of drug-likeness (QED) is 0.730. The molecule has 1 aromatic carbocycles. The summed E-state index contributed by atoms with van der Waals surface area (Å²) in [6.45, 7) is 2.88. The molecule has 1 unspecified atom stereocenters. The minimum Gasteiger partial charge on any atom is -0.508 e. The van der Waals surface area contributed by atoms with Crippen LogP contribution in [0.1, 0.15) is 18.4 Å². The fraction of sp³-hybridized carbons (Fsp3) is 0.500. The number of amides is 1. The molecule has 1 atom stereocenters. The van der Waals surface area contributed by atoms with Gasteiger partial charge in [-0.25, -0.2) is 0 Å². The smallest absolute Gasteiger partial charge is 0.224 e. The van der Waals surface area contributed by atoms with E-state index in [1.165, 1.54) is 6.42 Å². The summed E-state index contributed by atoms with van der Waals surface area (Å²) in [5, 5.41) is 15.8. The number of benzene rings is 1. The van der Waals surface area contributed by atoms with Gasteiger partial charge in [0.05, 0.1) is 6.42 Å². The maximum Gasteiger partial charge on any atom is 0.224 e. The summed E-state index contributed by atoms with van der Waals surface area (Å²) < 4.78 is 0. The molecule has 0 aliphatic carbocycles. The zero-order valence-electron chi connectivity index (χ0n) is 10.5. The Balaban J connectivity index is 1.70. The number of hydrogen-bond donors (Lipinski definition) is 3. The Labute approximate surface area is 107 Å². The molecule has 0 aromatic heterocycles. The van der Waals surface area contributed by atoms with Crippen molar-refractivity contribution in [3.8, 4) is 5.75 Å². The molecule has 1 aliphatic rings. The van der Waals surface area contributed by atoms with Crippen molar-refractivity contribution in [1.29, 1.82) is 0 Å². The molecule has 98 valence electrons.